The zero-order valence-corrected chi connectivity index (χ0v) is 17.9. The van der Waals surface area contributed by atoms with Crippen LogP contribution >= 0.6 is 0 Å². The number of benzene rings is 3. The van der Waals surface area contributed by atoms with Gasteiger partial charge in [-0.2, -0.15) is 0 Å². The molecule has 1 heterocycles. The number of hydrogen-bond acceptors (Lipinski definition) is 7. The second kappa shape index (κ2) is 9.65. The molecule has 4 aromatic rings. The van der Waals surface area contributed by atoms with Crippen molar-refractivity contribution in [1.82, 2.24) is 10.2 Å². The lowest BCUT2D eigenvalue weighted by Crippen LogP contribution is -2.14. The average Bonchev–Trinajstić information content (AvgIpc) is 3.32. The van der Waals surface area contributed by atoms with Gasteiger partial charge in [0.15, 0.2) is 0 Å². The van der Waals surface area contributed by atoms with E-state index in [2.05, 4.69) is 20.8 Å². The Morgan fingerprint density at radius 1 is 0.758 bits per heavy atom. The molecule has 0 spiro atoms. The molecule has 1 aromatic heterocycles. The number of nitrogens with one attached hydrogen (secondary N) is 2. The van der Waals surface area contributed by atoms with E-state index < -0.39 is 5.91 Å². The summed E-state index contributed by atoms with van der Waals surface area (Å²) in [6.07, 6.45) is 0. The maximum absolute atomic E-state index is 12.6. The van der Waals surface area contributed by atoms with Gasteiger partial charge in [-0.25, -0.2) is 0 Å². The Kier molecular flexibility index (Phi) is 6.31. The molecule has 0 aliphatic carbocycles. The molecule has 0 aliphatic rings. The van der Waals surface area contributed by atoms with Crippen molar-refractivity contribution >= 4 is 23.5 Å². The minimum atomic E-state index is -0.458. The van der Waals surface area contributed by atoms with E-state index in [1.807, 2.05) is 0 Å². The van der Waals surface area contributed by atoms with Crippen LogP contribution < -0.4 is 20.1 Å². The third kappa shape index (κ3) is 5.16. The fourth-order valence-electron chi connectivity index (χ4n) is 2.98. The Morgan fingerprint density at radius 3 is 2.06 bits per heavy atom. The van der Waals surface area contributed by atoms with E-state index in [-0.39, 0.29) is 17.8 Å². The number of anilines is 2. The maximum Gasteiger partial charge on any atom is 0.322 e. The minimum Gasteiger partial charge on any atom is -0.497 e. The molecule has 0 aliphatic heterocycles. The molecule has 4 rings (SSSR count). The molecule has 0 fully saturated rings. The summed E-state index contributed by atoms with van der Waals surface area (Å²) in [7, 11) is 3.13. The first-order chi connectivity index (χ1) is 16.1. The zero-order valence-electron chi connectivity index (χ0n) is 17.9. The molecule has 0 unspecified atom stereocenters. The van der Waals surface area contributed by atoms with Crippen molar-refractivity contribution < 1.29 is 23.5 Å². The summed E-state index contributed by atoms with van der Waals surface area (Å²) in [6.45, 7) is 0. The van der Waals surface area contributed by atoms with Gasteiger partial charge in [-0.3, -0.25) is 14.9 Å². The van der Waals surface area contributed by atoms with Crippen molar-refractivity contribution in [3.8, 4) is 23.0 Å². The van der Waals surface area contributed by atoms with E-state index in [0.29, 0.717) is 33.9 Å². The van der Waals surface area contributed by atoms with Crippen LogP contribution in [0.3, 0.4) is 0 Å². The van der Waals surface area contributed by atoms with Crippen LogP contribution in [0.4, 0.5) is 11.7 Å². The number of amides is 2. The fraction of sp³-hybridized carbons (Fsp3) is 0.0833. The van der Waals surface area contributed by atoms with Crippen LogP contribution in [-0.4, -0.2) is 36.2 Å². The highest BCUT2D eigenvalue weighted by atomic mass is 16.5. The zero-order chi connectivity index (χ0) is 23.2. The van der Waals surface area contributed by atoms with Crippen molar-refractivity contribution in [3.05, 3.63) is 83.9 Å². The number of carbonyl (C=O) groups is 2. The summed E-state index contributed by atoms with van der Waals surface area (Å²) in [6, 6.07) is 20.2. The number of methoxy groups -OCH3 is 2. The fourth-order valence-corrected chi connectivity index (χ4v) is 2.98. The first kappa shape index (κ1) is 21.6. The van der Waals surface area contributed by atoms with Gasteiger partial charge < -0.3 is 19.2 Å². The SMILES string of the molecule is COc1ccc(C(=O)Nc2cccc(C(=O)Nc3nnc(-c4ccc(OC)cc4)o3)c2)cc1. The number of hydrogen-bond donors (Lipinski definition) is 2. The van der Waals surface area contributed by atoms with Crippen LogP contribution in [0.5, 0.6) is 11.5 Å². The number of rotatable bonds is 7. The Bertz CT molecular complexity index is 1270. The van der Waals surface area contributed by atoms with Crippen molar-refractivity contribution in [2.24, 2.45) is 0 Å². The van der Waals surface area contributed by atoms with E-state index in [0.717, 1.165) is 0 Å². The van der Waals surface area contributed by atoms with E-state index in [1.165, 1.54) is 0 Å². The summed E-state index contributed by atoms with van der Waals surface area (Å²) < 4.78 is 15.8. The normalized spacial score (nSPS) is 10.4. The smallest absolute Gasteiger partial charge is 0.322 e. The van der Waals surface area contributed by atoms with Crippen LogP contribution in [0.1, 0.15) is 20.7 Å². The molecule has 2 N–H and O–H groups in total. The Hall–Kier alpha value is -4.66. The molecule has 3 aromatic carbocycles. The lowest BCUT2D eigenvalue weighted by Gasteiger charge is -2.08. The lowest BCUT2D eigenvalue weighted by molar-refractivity contribution is 0.101. The van der Waals surface area contributed by atoms with Crippen molar-refractivity contribution in [1.29, 1.82) is 0 Å². The van der Waals surface area contributed by atoms with Crippen molar-refractivity contribution in [2.45, 2.75) is 0 Å². The predicted octanol–water partition coefficient (Wildman–Crippen LogP) is 4.26. The number of aromatic nitrogens is 2. The van der Waals surface area contributed by atoms with Gasteiger partial charge in [0.1, 0.15) is 11.5 Å². The van der Waals surface area contributed by atoms with E-state index >= 15 is 0 Å². The van der Waals surface area contributed by atoms with Crippen LogP contribution in [0.2, 0.25) is 0 Å². The van der Waals surface area contributed by atoms with Crippen LogP contribution in [0, 0.1) is 0 Å². The quantitative estimate of drug-likeness (QED) is 0.438. The van der Waals surface area contributed by atoms with Crippen LogP contribution in [-0.2, 0) is 0 Å². The standard InChI is InChI=1S/C24H20N4O5/c1-31-19-10-6-15(7-11-19)21(29)25-18-5-3-4-17(14-18)22(30)26-24-28-27-23(33-24)16-8-12-20(32-2)13-9-16/h3-14H,1-2H3,(H,25,29)(H,26,28,30). The van der Waals surface area contributed by atoms with Gasteiger partial charge >= 0.3 is 6.01 Å². The van der Waals surface area contributed by atoms with Gasteiger partial charge in [-0.1, -0.05) is 11.2 Å². The van der Waals surface area contributed by atoms with Gasteiger partial charge in [0.25, 0.3) is 11.8 Å². The second-order valence-corrected chi connectivity index (χ2v) is 6.86. The third-order valence-corrected chi connectivity index (χ3v) is 4.72. The molecule has 0 radical (unpaired) electrons. The van der Waals surface area contributed by atoms with Gasteiger partial charge in [-0.15, -0.1) is 5.10 Å². The molecule has 0 atom stereocenters. The van der Waals surface area contributed by atoms with Crippen molar-refractivity contribution in [2.75, 3.05) is 24.9 Å². The average molecular weight is 444 g/mol. The predicted molar refractivity (Wildman–Crippen MR) is 122 cm³/mol. The topological polar surface area (TPSA) is 116 Å². The highest BCUT2D eigenvalue weighted by molar-refractivity contribution is 6.07. The third-order valence-electron chi connectivity index (χ3n) is 4.72. The summed E-state index contributed by atoms with van der Waals surface area (Å²) in [5, 5.41) is 13.2. The van der Waals surface area contributed by atoms with Crippen LogP contribution in [0.25, 0.3) is 11.5 Å². The maximum atomic E-state index is 12.6. The monoisotopic (exact) mass is 444 g/mol. The Labute approximate surface area is 189 Å². The van der Waals surface area contributed by atoms with Gasteiger partial charge in [0, 0.05) is 22.4 Å². The minimum absolute atomic E-state index is 0.0431. The first-order valence-corrected chi connectivity index (χ1v) is 9.90. The molecule has 2 amide bonds. The summed E-state index contributed by atoms with van der Waals surface area (Å²) in [5.41, 5.74) is 1.93. The molecule has 0 bridgehead atoms. The number of nitrogens with zero attached hydrogens (tertiary/aromatic N) is 2. The van der Waals surface area contributed by atoms with E-state index in [4.69, 9.17) is 13.9 Å². The Balaban J connectivity index is 1.42. The van der Waals surface area contributed by atoms with E-state index in [1.54, 1.807) is 87.0 Å². The molecule has 33 heavy (non-hydrogen) atoms. The molecular formula is C24H20N4O5. The number of ether oxygens (including phenoxy) is 2. The summed E-state index contributed by atoms with van der Waals surface area (Å²) in [4.78, 5) is 25.1. The number of carbonyl (C=O) groups excluding carboxylic acids is 2. The molecule has 9 nitrogen and oxygen atoms in total. The molecular weight excluding hydrogens is 424 g/mol. The highest BCUT2D eigenvalue weighted by Gasteiger charge is 2.14. The molecule has 0 saturated carbocycles. The van der Waals surface area contributed by atoms with Crippen molar-refractivity contribution in [3.63, 3.8) is 0 Å². The Morgan fingerprint density at radius 2 is 1.39 bits per heavy atom. The van der Waals surface area contributed by atoms with E-state index in [9.17, 15) is 9.59 Å². The largest absolute Gasteiger partial charge is 0.497 e. The summed E-state index contributed by atoms with van der Waals surface area (Å²) in [5.74, 6) is 0.845. The lowest BCUT2D eigenvalue weighted by atomic mass is 10.1. The molecule has 9 heteroatoms. The van der Waals surface area contributed by atoms with Gasteiger partial charge in [0.05, 0.1) is 14.2 Å². The summed E-state index contributed by atoms with van der Waals surface area (Å²) >= 11 is 0. The van der Waals surface area contributed by atoms with Gasteiger partial charge in [-0.05, 0) is 66.7 Å². The highest BCUT2D eigenvalue weighted by Crippen LogP contribution is 2.23. The second-order valence-electron chi connectivity index (χ2n) is 6.86. The molecule has 0 saturated heterocycles. The van der Waals surface area contributed by atoms with Gasteiger partial charge in [0.2, 0.25) is 5.89 Å². The molecule has 166 valence electrons. The first-order valence-electron chi connectivity index (χ1n) is 9.90. The van der Waals surface area contributed by atoms with Crippen LogP contribution in [0.15, 0.2) is 77.2 Å².